The van der Waals surface area contributed by atoms with Crippen LogP contribution in [0.4, 0.5) is 0 Å². The van der Waals surface area contributed by atoms with E-state index in [1.807, 2.05) is 6.92 Å². The number of alkyl halides is 3. The molecule has 96 valence electrons. The second kappa shape index (κ2) is 29.2. The number of rotatable bonds is 1. The third kappa shape index (κ3) is 202. The fourth-order valence-corrected chi connectivity index (χ4v) is 0. The smallest absolute Gasteiger partial charge is 0.302 e. The van der Waals surface area contributed by atoms with Gasteiger partial charge >= 0.3 is 5.97 Å². The number of carbonyl (C=O) groups is 1. The van der Waals surface area contributed by atoms with Gasteiger partial charge in [0, 0.05) is 20.6 Å². The topological polar surface area (TPSA) is 66.8 Å². The molecule has 4 nitrogen and oxygen atoms in total. The first-order chi connectivity index (χ1) is 6.92. The van der Waals surface area contributed by atoms with E-state index in [0.29, 0.717) is 6.61 Å². The zero-order chi connectivity index (χ0) is 13.3. The monoisotopic (exact) mass is 284 g/mol. The van der Waals surface area contributed by atoms with Gasteiger partial charge in [-0.3, -0.25) is 4.79 Å². The average Bonchev–Trinajstić information content (AvgIpc) is 2.20. The molecule has 0 aromatic rings. The summed E-state index contributed by atoms with van der Waals surface area (Å²) in [7, 11) is 2.35. The molecule has 0 spiro atoms. The maximum Gasteiger partial charge on any atom is 0.302 e. The highest BCUT2D eigenvalue weighted by Crippen LogP contribution is 2.03. The lowest BCUT2D eigenvalue weighted by atomic mass is 10.5. The van der Waals surface area contributed by atoms with E-state index in [4.69, 9.17) is 45.0 Å². The van der Waals surface area contributed by atoms with Crippen LogP contribution in [-0.4, -0.2) is 41.3 Å². The van der Waals surface area contributed by atoms with Crippen molar-refractivity contribution in [2.24, 2.45) is 0 Å². The Morgan fingerprint density at radius 3 is 1.47 bits per heavy atom. The molecular formula is C8H19Cl3O4. The molecule has 0 amide bonds. The normalized spacial score (nSPS) is 7.07. The minimum Gasteiger partial charge on any atom is -0.469 e. The highest BCUT2D eigenvalue weighted by atomic mass is 35.6. The fraction of sp³-hybridized carbons (Fsp3) is 0.875. The first kappa shape index (κ1) is 24.5. The lowest BCUT2D eigenvalue weighted by Gasteiger charge is -1.80. The minimum absolute atomic E-state index is 0.245. The lowest BCUT2D eigenvalue weighted by molar-refractivity contribution is -0.137. The van der Waals surface area contributed by atoms with Crippen molar-refractivity contribution in [2.75, 3.05) is 20.8 Å². The average molecular weight is 286 g/mol. The van der Waals surface area contributed by atoms with Gasteiger partial charge in [0.25, 0.3) is 0 Å². The summed E-state index contributed by atoms with van der Waals surface area (Å²) in [6.45, 7) is 3.61. The lowest BCUT2D eigenvalue weighted by Crippen LogP contribution is -1.88. The Labute approximate surface area is 106 Å². The van der Waals surface area contributed by atoms with Gasteiger partial charge in [0.15, 0.2) is 4.30 Å². The molecule has 0 bridgehead atoms. The van der Waals surface area contributed by atoms with Crippen molar-refractivity contribution < 1.29 is 19.7 Å². The third-order valence-corrected chi connectivity index (χ3v) is 0.511. The fourth-order valence-electron chi connectivity index (χ4n) is 0. The zero-order valence-electron chi connectivity index (χ0n) is 9.34. The van der Waals surface area contributed by atoms with E-state index in [1.165, 1.54) is 14.0 Å². The number of ether oxygens (including phenoxy) is 1. The number of carbonyl (C=O) groups excluding carboxylic acids is 1. The van der Waals surface area contributed by atoms with Gasteiger partial charge in [-0.25, -0.2) is 0 Å². The molecule has 0 aromatic carbocycles. The molecular weight excluding hydrogens is 266 g/mol. The van der Waals surface area contributed by atoms with Crippen LogP contribution < -0.4 is 0 Å². The van der Waals surface area contributed by atoms with Gasteiger partial charge < -0.3 is 14.9 Å². The summed E-state index contributed by atoms with van der Waals surface area (Å²) in [5.74, 6) is -0.245. The number of aliphatic hydroxyl groups is 2. The number of hydrogen-bond donors (Lipinski definition) is 2. The molecule has 0 aliphatic heterocycles. The Bertz CT molecular complexity index is 97.1. The number of methoxy groups -OCH3 is 1. The van der Waals surface area contributed by atoms with E-state index in [0.717, 1.165) is 13.5 Å². The molecule has 0 unspecified atom stereocenters. The minimum atomic E-state index is -0.750. The van der Waals surface area contributed by atoms with Gasteiger partial charge in [-0.15, -0.1) is 0 Å². The van der Waals surface area contributed by atoms with Gasteiger partial charge in [-0.05, 0) is 6.42 Å². The predicted molar refractivity (Wildman–Crippen MR) is 64.6 cm³/mol. The molecule has 2 N–H and O–H groups in total. The van der Waals surface area contributed by atoms with E-state index in [-0.39, 0.29) is 5.97 Å². The second-order valence-corrected chi connectivity index (χ2v) is 3.65. The van der Waals surface area contributed by atoms with Crippen LogP contribution in [0.25, 0.3) is 0 Å². The molecule has 0 radical (unpaired) electrons. The Morgan fingerprint density at radius 1 is 1.33 bits per heavy atom. The van der Waals surface area contributed by atoms with Crippen molar-refractivity contribution >= 4 is 40.8 Å². The maximum absolute atomic E-state index is 9.59. The molecule has 0 aromatic heterocycles. The van der Waals surface area contributed by atoms with Crippen molar-refractivity contribution in [1.29, 1.82) is 0 Å². The molecule has 0 atom stereocenters. The number of halogens is 3. The first-order valence-corrected chi connectivity index (χ1v) is 5.25. The van der Waals surface area contributed by atoms with Gasteiger partial charge in [0.1, 0.15) is 0 Å². The molecule has 0 heterocycles. The largest absolute Gasteiger partial charge is 0.469 e. The zero-order valence-corrected chi connectivity index (χ0v) is 11.6. The number of hydrogen-bond acceptors (Lipinski definition) is 4. The van der Waals surface area contributed by atoms with Crippen LogP contribution in [-0.2, 0) is 9.53 Å². The molecule has 7 heteroatoms. The van der Waals surface area contributed by atoms with Gasteiger partial charge in [0.05, 0.1) is 7.11 Å². The standard InChI is InChI=1S/C3H6O2.C3H8O.CHCl3.CH4O/c1-3(4)5-2;1-2-3-4;2-1(3)4;1-2/h1-2H3;4H,2-3H2,1H3;1H;2H,1H3. The van der Waals surface area contributed by atoms with Crippen molar-refractivity contribution in [2.45, 2.75) is 24.6 Å². The molecule has 0 aliphatic carbocycles. The van der Waals surface area contributed by atoms with Crippen LogP contribution in [0, 0.1) is 0 Å². The third-order valence-electron chi connectivity index (χ3n) is 0.511. The highest BCUT2D eigenvalue weighted by molar-refractivity contribution is 6.63. The van der Waals surface area contributed by atoms with E-state index in [1.54, 1.807) is 0 Å². The summed E-state index contributed by atoms with van der Waals surface area (Å²) in [5.41, 5.74) is 0. The first-order valence-electron chi connectivity index (χ1n) is 3.94. The van der Waals surface area contributed by atoms with Crippen molar-refractivity contribution in [3.8, 4) is 0 Å². The Morgan fingerprint density at radius 2 is 1.47 bits per heavy atom. The Balaban J connectivity index is -0.0000000562. The van der Waals surface area contributed by atoms with Crippen LogP contribution in [0.2, 0.25) is 0 Å². The molecule has 0 aliphatic rings. The van der Waals surface area contributed by atoms with Crippen molar-refractivity contribution in [3.63, 3.8) is 0 Å². The Kier molecular flexibility index (Phi) is 47.7. The predicted octanol–water partition coefficient (Wildman–Crippen LogP) is 2.16. The summed E-state index contributed by atoms with van der Waals surface area (Å²) in [4.78, 5) is 9.59. The second-order valence-electron chi connectivity index (χ2n) is 1.67. The van der Waals surface area contributed by atoms with Crippen LogP contribution in [0.1, 0.15) is 20.3 Å². The van der Waals surface area contributed by atoms with Crippen LogP contribution in [0.3, 0.4) is 0 Å². The van der Waals surface area contributed by atoms with Gasteiger partial charge in [0.2, 0.25) is 0 Å². The molecule has 0 saturated heterocycles. The Hall–Kier alpha value is 0.260. The van der Waals surface area contributed by atoms with Gasteiger partial charge in [-0.2, -0.15) is 0 Å². The molecule has 0 saturated carbocycles. The van der Waals surface area contributed by atoms with E-state index in [9.17, 15) is 4.79 Å². The van der Waals surface area contributed by atoms with E-state index < -0.39 is 4.30 Å². The summed E-state index contributed by atoms with van der Waals surface area (Å²) in [6, 6.07) is 0. The summed E-state index contributed by atoms with van der Waals surface area (Å²) in [6.07, 6.45) is 0.875. The summed E-state index contributed by atoms with van der Waals surface area (Å²) in [5, 5.41) is 14.9. The quantitative estimate of drug-likeness (QED) is 0.572. The van der Waals surface area contributed by atoms with Crippen LogP contribution >= 0.6 is 34.8 Å². The van der Waals surface area contributed by atoms with Crippen molar-refractivity contribution in [1.82, 2.24) is 0 Å². The molecule has 15 heavy (non-hydrogen) atoms. The SMILES string of the molecule is CCCO.CO.COC(C)=O.ClC(Cl)Cl. The van der Waals surface area contributed by atoms with E-state index in [2.05, 4.69) is 4.74 Å². The number of aliphatic hydroxyl groups excluding tert-OH is 2. The maximum atomic E-state index is 9.59. The summed E-state index contributed by atoms with van der Waals surface area (Å²) >= 11 is 14.4. The molecule has 0 rings (SSSR count). The number of esters is 1. The van der Waals surface area contributed by atoms with E-state index >= 15 is 0 Å². The van der Waals surface area contributed by atoms with Crippen LogP contribution in [0.5, 0.6) is 0 Å². The summed E-state index contributed by atoms with van der Waals surface area (Å²) < 4.78 is 3.36. The van der Waals surface area contributed by atoms with Crippen LogP contribution in [0.15, 0.2) is 0 Å². The molecule has 0 fully saturated rings. The highest BCUT2D eigenvalue weighted by Gasteiger charge is 1.79. The van der Waals surface area contributed by atoms with Gasteiger partial charge in [-0.1, -0.05) is 41.7 Å². The van der Waals surface area contributed by atoms with Crippen molar-refractivity contribution in [3.05, 3.63) is 0 Å².